The van der Waals surface area contributed by atoms with Crippen molar-refractivity contribution in [1.29, 1.82) is 0 Å². The number of ether oxygens (including phenoxy) is 1. The number of likely N-dealkylation sites (tertiary alicyclic amines) is 1. The van der Waals surface area contributed by atoms with E-state index in [9.17, 15) is 14.7 Å². The van der Waals surface area contributed by atoms with Gasteiger partial charge in [-0.05, 0) is 25.5 Å². The average molecular weight is 307 g/mol. The maximum Gasteiger partial charge on any atom is 0.258 e. The van der Waals surface area contributed by atoms with E-state index in [1.807, 2.05) is 6.92 Å². The van der Waals surface area contributed by atoms with Crippen LogP contribution in [0.25, 0.3) is 0 Å². The number of benzene rings is 1. The van der Waals surface area contributed by atoms with Crippen molar-refractivity contribution in [3.63, 3.8) is 0 Å². The van der Waals surface area contributed by atoms with Crippen molar-refractivity contribution in [2.24, 2.45) is 5.73 Å². The number of nitrogens with zero attached hydrogens (tertiary/aromatic N) is 1. The molecule has 0 spiro atoms. The Morgan fingerprint density at radius 3 is 2.82 bits per heavy atom. The van der Waals surface area contributed by atoms with Crippen LogP contribution < -0.4 is 15.8 Å². The number of hydrogen-bond donors (Lipinski definition) is 3. The number of aromatic hydroxyl groups is 1. The second-order valence-corrected chi connectivity index (χ2v) is 5.25. The number of nitrogens with two attached hydrogens (primary N) is 1. The smallest absolute Gasteiger partial charge is 0.258 e. The summed E-state index contributed by atoms with van der Waals surface area (Å²) in [5.74, 6) is -0.368. The molecular formula is C15H21N3O4. The summed E-state index contributed by atoms with van der Waals surface area (Å²) in [4.78, 5) is 26.1. The van der Waals surface area contributed by atoms with Crippen molar-refractivity contribution in [1.82, 2.24) is 10.2 Å². The number of hydrogen-bond acceptors (Lipinski definition) is 5. The van der Waals surface area contributed by atoms with Crippen LogP contribution in [0, 0.1) is 0 Å². The molecule has 2 atom stereocenters. The maximum atomic E-state index is 12.6. The molecule has 1 aromatic rings. The number of likely N-dealkylation sites (N-methyl/N-ethyl adjacent to an activating group) is 1. The molecule has 0 unspecified atom stereocenters. The van der Waals surface area contributed by atoms with E-state index in [2.05, 4.69) is 5.32 Å². The summed E-state index contributed by atoms with van der Waals surface area (Å²) in [7, 11) is 1.47. The van der Waals surface area contributed by atoms with E-state index in [0.717, 1.165) is 0 Å². The molecule has 2 rings (SSSR count). The molecule has 0 radical (unpaired) electrons. The molecule has 1 aliphatic rings. The van der Waals surface area contributed by atoms with Gasteiger partial charge in [-0.1, -0.05) is 0 Å². The zero-order valence-electron chi connectivity index (χ0n) is 12.7. The number of phenolic OH excluding ortho intramolecular Hbond substituents is 1. The molecule has 2 amide bonds. The van der Waals surface area contributed by atoms with E-state index in [-0.39, 0.29) is 29.8 Å². The Kier molecular flexibility index (Phi) is 4.87. The first kappa shape index (κ1) is 16.1. The summed E-state index contributed by atoms with van der Waals surface area (Å²) in [5, 5.41) is 12.7. The van der Waals surface area contributed by atoms with E-state index < -0.39 is 11.9 Å². The van der Waals surface area contributed by atoms with Crippen molar-refractivity contribution in [2.75, 3.05) is 20.2 Å². The Balaban J connectivity index is 2.25. The average Bonchev–Trinajstić information content (AvgIpc) is 2.88. The highest BCUT2D eigenvalue weighted by Gasteiger charge is 2.38. The molecule has 0 bridgehead atoms. The maximum absolute atomic E-state index is 12.6. The standard InChI is InChI=1S/C15H21N3O4/c1-3-17-14(20)12-6-9(16)8-18(12)15(21)11-5-4-10(22-2)7-13(11)19/h4-5,7,9,12,19H,3,6,8,16H2,1-2H3,(H,17,20)/t9-,12-/m0/s1. The van der Waals surface area contributed by atoms with Gasteiger partial charge in [0.2, 0.25) is 5.91 Å². The van der Waals surface area contributed by atoms with Crippen LogP contribution in [0.5, 0.6) is 11.5 Å². The lowest BCUT2D eigenvalue weighted by Crippen LogP contribution is -2.45. The Morgan fingerprint density at radius 1 is 1.50 bits per heavy atom. The van der Waals surface area contributed by atoms with Crippen molar-refractivity contribution >= 4 is 11.8 Å². The Hall–Kier alpha value is -2.28. The molecule has 7 nitrogen and oxygen atoms in total. The lowest BCUT2D eigenvalue weighted by Gasteiger charge is -2.24. The molecule has 0 saturated carbocycles. The van der Waals surface area contributed by atoms with Crippen molar-refractivity contribution in [3.8, 4) is 11.5 Å². The lowest BCUT2D eigenvalue weighted by atomic mass is 10.1. The normalized spacial score (nSPS) is 20.8. The van der Waals surface area contributed by atoms with Crippen LogP contribution in [0.15, 0.2) is 18.2 Å². The van der Waals surface area contributed by atoms with Crippen LogP contribution in [0.2, 0.25) is 0 Å². The van der Waals surface area contributed by atoms with Gasteiger partial charge in [0.25, 0.3) is 5.91 Å². The summed E-state index contributed by atoms with van der Waals surface area (Å²) in [5.41, 5.74) is 6.02. The molecule has 1 aliphatic heterocycles. The number of methoxy groups -OCH3 is 1. The summed E-state index contributed by atoms with van der Waals surface area (Å²) < 4.78 is 4.99. The van der Waals surface area contributed by atoms with Crippen LogP contribution in [0.4, 0.5) is 0 Å². The van der Waals surface area contributed by atoms with Gasteiger partial charge in [0.05, 0.1) is 12.7 Å². The van der Waals surface area contributed by atoms with Crippen LogP contribution in [-0.4, -0.2) is 54.1 Å². The Morgan fingerprint density at radius 2 is 2.23 bits per heavy atom. The summed E-state index contributed by atoms with van der Waals surface area (Å²) in [6.45, 7) is 2.58. The predicted molar refractivity (Wildman–Crippen MR) is 80.8 cm³/mol. The number of rotatable bonds is 4. The van der Waals surface area contributed by atoms with Gasteiger partial charge in [-0.2, -0.15) is 0 Å². The quantitative estimate of drug-likeness (QED) is 0.730. The molecule has 1 heterocycles. The molecule has 7 heteroatoms. The van der Waals surface area contributed by atoms with Gasteiger partial charge in [-0.15, -0.1) is 0 Å². The second kappa shape index (κ2) is 6.65. The van der Waals surface area contributed by atoms with E-state index in [1.165, 1.54) is 24.1 Å². The molecule has 0 aromatic heterocycles. The largest absolute Gasteiger partial charge is 0.507 e. The first-order valence-electron chi connectivity index (χ1n) is 7.19. The number of amides is 2. The molecule has 22 heavy (non-hydrogen) atoms. The molecule has 1 saturated heterocycles. The minimum Gasteiger partial charge on any atom is -0.507 e. The van der Waals surface area contributed by atoms with Gasteiger partial charge in [-0.25, -0.2) is 0 Å². The number of nitrogens with one attached hydrogen (secondary N) is 1. The molecule has 0 aliphatic carbocycles. The van der Waals surface area contributed by atoms with Gasteiger partial charge < -0.3 is 25.8 Å². The fourth-order valence-electron chi connectivity index (χ4n) is 2.61. The topological polar surface area (TPSA) is 105 Å². The molecular weight excluding hydrogens is 286 g/mol. The fraction of sp³-hybridized carbons (Fsp3) is 0.467. The van der Waals surface area contributed by atoms with Crippen LogP contribution in [-0.2, 0) is 4.79 Å². The highest BCUT2D eigenvalue weighted by atomic mass is 16.5. The Bertz CT molecular complexity index is 576. The summed E-state index contributed by atoms with van der Waals surface area (Å²) >= 11 is 0. The second-order valence-electron chi connectivity index (χ2n) is 5.25. The van der Waals surface area contributed by atoms with E-state index in [1.54, 1.807) is 6.07 Å². The third-order valence-corrected chi connectivity index (χ3v) is 3.68. The summed E-state index contributed by atoms with van der Waals surface area (Å²) in [6.07, 6.45) is 0.411. The number of carbonyl (C=O) groups excluding carboxylic acids is 2. The van der Waals surface area contributed by atoms with Crippen LogP contribution >= 0.6 is 0 Å². The zero-order valence-corrected chi connectivity index (χ0v) is 12.7. The highest BCUT2D eigenvalue weighted by Crippen LogP contribution is 2.27. The third-order valence-electron chi connectivity index (χ3n) is 3.68. The van der Waals surface area contributed by atoms with Gasteiger partial charge in [0.15, 0.2) is 0 Å². The van der Waals surface area contributed by atoms with Crippen LogP contribution in [0.1, 0.15) is 23.7 Å². The van der Waals surface area contributed by atoms with Crippen LogP contribution in [0.3, 0.4) is 0 Å². The van der Waals surface area contributed by atoms with E-state index >= 15 is 0 Å². The molecule has 1 fully saturated rings. The molecule has 1 aromatic carbocycles. The molecule has 120 valence electrons. The van der Waals surface area contributed by atoms with Crippen molar-refractivity contribution in [2.45, 2.75) is 25.4 Å². The predicted octanol–water partition coefficient (Wildman–Crippen LogP) is 0.0787. The van der Waals surface area contributed by atoms with Gasteiger partial charge in [0.1, 0.15) is 17.5 Å². The summed E-state index contributed by atoms with van der Waals surface area (Å²) in [6, 6.07) is 3.57. The minimum absolute atomic E-state index is 0.129. The van der Waals surface area contributed by atoms with Crippen molar-refractivity contribution < 1.29 is 19.4 Å². The van der Waals surface area contributed by atoms with Crippen molar-refractivity contribution in [3.05, 3.63) is 23.8 Å². The van der Waals surface area contributed by atoms with E-state index in [0.29, 0.717) is 18.7 Å². The number of phenols is 1. The lowest BCUT2D eigenvalue weighted by molar-refractivity contribution is -0.124. The highest BCUT2D eigenvalue weighted by molar-refractivity contribution is 6.00. The Labute approximate surface area is 129 Å². The minimum atomic E-state index is -0.607. The monoisotopic (exact) mass is 307 g/mol. The zero-order chi connectivity index (χ0) is 16.3. The van der Waals surface area contributed by atoms with Gasteiger partial charge in [-0.3, -0.25) is 9.59 Å². The number of carbonyl (C=O) groups is 2. The first-order chi connectivity index (χ1) is 10.5. The van der Waals surface area contributed by atoms with E-state index in [4.69, 9.17) is 10.5 Å². The SMILES string of the molecule is CCNC(=O)[C@@H]1C[C@H](N)CN1C(=O)c1ccc(OC)cc1O. The molecule has 4 N–H and O–H groups in total. The van der Waals surface area contributed by atoms with Gasteiger partial charge in [0, 0.05) is 25.2 Å². The van der Waals surface area contributed by atoms with Gasteiger partial charge >= 0.3 is 0 Å². The first-order valence-corrected chi connectivity index (χ1v) is 7.19. The third kappa shape index (κ3) is 3.14. The fourth-order valence-corrected chi connectivity index (χ4v) is 2.61.